The first-order valence-electron chi connectivity index (χ1n) is 7.21. The minimum atomic E-state index is -0.0312. The molecule has 2 aromatic heterocycles. The van der Waals surface area contributed by atoms with Crippen LogP contribution in [0.25, 0.3) is 10.9 Å². The molecular weight excluding hydrogens is 276 g/mol. The first-order valence-corrected chi connectivity index (χ1v) is 7.21. The Morgan fingerprint density at radius 2 is 2.00 bits per heavy atom. The summed E-state index contributed by atoms with van der Waals surface area (Å²) < 4.78 is 5.28. The summed E-state index contributed by atoms with van der Waals surface area (Å²) in [7, 11) is 1.80. The van der Waals surface area contributed by atoms with Crippen molar-refractivity contribution < 1.29 is 9.21 Å². The number of fused-ring (bicyclic) bond motifs is 1. The second kappa shape index (κ2) is 5.64. The lowest BCUT2D eigenvalue weighted by molar-refractivity contribution is 0.0783. The lowest BCUT2D eigenvalue weighted by Crippen LogP contribution is -2.27. The van der Waals surface area contributed by atoms with Crippen LogP contribution in [0.5, 0.6) is 0 Å². The zero-order chi connectivity index (χ0) is 15.7. The summed E-state index contributed by atoms with van der Waals surface area (Å²) in [6.07, 6.45) is 1.64. The predicted octanol–water partition coefficient (Wildman–Crippen LogP) is 3.72. The van der Waals surface area contributed by atoms with Gasteiger partial charge in [-0.3, -0.25) is 9.78 Å². The summed E-state index contributed by atoms with van der Waals surface area (Å²) in [4.78, 5) is 18.9. The Morgan fingerprint density at radius 1 is 1.23 bits per heavy atom. The predicted molar refractivity (Wildman–Crippen MR) is 85.7 cm³/mol. The van der Waals surface area contributed by atoms with Gasteiger partial charge in [-0.15, -0.1) is 0 Å². The summed E-state index contributed by atoms with van der Waals surface area (Å²) in [5, 5.41) is 0.976. The van der Waals surface area contributed by atoms with Crippen LogP contribution < -0.4 is 0 Å². The van der Waals surface area contributed by atoms with E-state index in [1.54, 1.807) is 18.2 Å². The van der Waals surface area contributed by atoms with Gasteiger partial charge in [0.05, 0.1) is 23.0 Å². The van der Waals surface area contributed by atoms with E-state index in [2.05, 4.69) is 4.98 Å². The number of carbonyl (C=O) groups is 1. The molecule has 0 aliphatic rings. The van der Waals surface area contributed by atoms with Gasteiger partial charge >= 0.3 is 0 Å². The standard InChI is InChI=1S/C18H18N2O2/c1-12-16(10-14-6-4-5-7-17(14)19-12)18(21)20(3)11-15-8-9-22-13(15)2/h4-10H,11H2,1-3H3. The Bertz CT molecular complexity index is 836. The molecule has 22 heavy (non-hydrogen) atoms. The van der Waals surface area contributed by atoms with Crippen LogP contribution in [0.3, 0.4) is 0 Å². The summed E-state index contributed by atoms with van der Waals surface area (Å²) in [6.45, 7) is 4.29. The largest absolute Gasteiger partial charge is 0.469 e. The fourth-order valence-electron chi connectivity index (χ4n) is 2.54. The van der Waals surface area contributed by atoms with Crippen LogP contribution in [0.2, 0.25) is 0 Å². The fraction of sp³-hybridized carbons (Fsp3) is 0.222. The van der Waals surface area contributed by atoms with Gasteiger partial charge in [-0.05, 0) is 32.0 Å². The van der Waals surface area contributed by atoms with Gasteiger partial charge in [-0.25, -0.2) is 0 Å². The molecule has 1 aromatic carbocycles. The molecule has 0 aliphatic heterocycles. The van der Waals surface area contributed by atoms with Gasteiger partial charge in [-0.1, -0.05) is 18.2 Å². The van der Waals surface area contributed by atoms with E-state index in [0.717, 1.165) is 27.9 Å². The third-order valence-corrected chi connectivity index (χ3v) is 3.87. The topological polar surface area (TPSA) is 46.3 Å². The normalized spacial score (nSPS) is 10.9. The van der Waals surface area contributed by atoms with Gasteiger partial charge in [0, 0.05) is 24.5 Å². The molecule has 0 spiro atoms. The highest BCUT2D eigenvalue weighted by Gasteiger charge is 2.17. The SMILES string of the molecule is Cc1nc2ccccc2cc1C(=O)N(C)Cc1ccoc1C. The molecule has 0 aliphatic carbocycles. The maximum atomic E-state index is 12.7. The van der Waals surface area contributed by atoms with Crippen molar-refractivity contribution in [2.75, 3.05) is 7.05 Å². The van der Waals surface area contributed by atoms with E-state index >= 15 is 0 Å². The van der Waals surface area contributed by atoms with Gasteiger partial charge in [0.1, 0.15) is 5.76 Å². The van der Waals surface area contributed by atoms with Crippen LogP contribution in [0.15, 0.2) is 47.1 Å². The van der Waals surface area contributed by atoms with Crippen molar-refractivity contribution >= 4 is 16.8 Å². The first kappa shape index (κ1) is 14.3. The van der Waals surface area contributed by atoms with E-state index < -0.39 is 0 Å². The van der Waals surface area contributed by atoms with E-state index in [4.69, 9.17) is 4.42 Å². The molecular formula is C18H18N2O2. The van der Waals surface area contributed by atoms with E-state index in [-0.39, 0.29) is 5.91 Å². The number of para-hydroxylation sites is 1. The molecule has 4 nitrogen and oxygen atoms in total. The van der Waals surface area contributed by atoms with Crippen molar-refractivity contribution in [3.63, 3.8) is 0 Å². The van der Waals surface area contributed by atoms with Crippen LogP contribution in [-0.2, 0) is 6.54 Å². The molecule has 0 fully saturated rings. The van der Waals surface area contributed by atoms with Gasteiger partial charge < -0.3 is 9.32 Å². The zero-order valence-electron chi connectivity index (χ0n) is 13.0. The highest BCUT2D eigenvalue weighted by molar-refractivity contribution is 5.98. The number of pyridine rings is 1. The van der Waals surface area contributed by atoms with Gasteiger partial charge in [0.2, 0.25) is 0 Å². The second-order valence-electron chi connectivity index (χ2n) is 5.48. The number of rotatable bonds is 3. The molecule has 2 heterocycles. The number of hydrogen-bond acceptors (Lipinski definition) is 3. The minimum Gasteiger partial charge on any atom is -0.469 e. The Morgan fingerprint density at radius 3 is 2.73 bits per heavy atom. The number of nitrogens with zero attached hydrogens (tertiary/aromatic N) is 2. The number of hydrogen-bond donors (Lipinski definition) is 0. The molecule has 0 unspecified atom stereocenters. The Labute approximate surface area is 129 Å². The summed E-state index contributed by atoms with van der Waals surface area (Å²) in [5.41, 5.74) is 3.31. The van der Waals surface area contributed by atoms with Gasteiger partial charge in [0.15, 0.2) is 0 Å². The van der Waals surface area contributed by atoms with Crippen LogP contribution in [0.1, 0.15) is 27.4 Å². The number of aryl methyl sites for hydroxylation is 2. The summed E-state index contributed by atoms with van der Waals surface area (Å²) in [6, 6.07) is 11.6. The lowest BCUT2D eigenvalue weighted by atomic mass is 10.1. The monoisotopic (exact) mass is 294 g/mol. The first-order chi connectivity index (χ1) is 10.6. The van der Waals surface area contributed by atoms with Crippen molar-refractivity contribution in [1.82, 2.24) is 9.88 Å². The van der Waals surface area contributed by atoms with Crippen LogP contribution in [0, 0.1) is 13.8 Å². The molecule has 3 aromatic rings. The molecule has 0 N–H and O–H groups in total. The van der Waals surface area contributed by atoms with Gasteiger partial charge in [0.25, 0.3) is 5.91 Å². The molecule has 0 atom stereocenters. The zero-order valence-corrected chi connectivity index (χ0v) is 13.0. The highest BCUT2D eigenvalue weighted by Crippen LogP contribution is 2.19. The summed E-state index contributed by atoms with van der Waals surface area (Å²) in [5.74, 6) is 0.810. The van der Waals surface area contributed by atoms with E-state index in [1.807, 2.05) is 50.2 Å². The molecule has 0 radical (unpaired) electrons. The molecule has 4 heteroatoms. The van der Waals surface area contributed by atoms with Gasteiger partial charge in [-0.2, -0.15) is 0 Å². The van der Waals surface area contributed by atoms with Crippen LogP contribution in [-0.4, -0.2) is 22.8 Å². The van der Waals surface area contributed by atoms with Crippen molar-refractivity contribution in [3.05, 3.63) is 65.2 Å². The quantitative estimate of drug-likeness (QED) is 0.739. The minimum absolute atomic E-state index is 0.0312. The molecule has 1 amide bonds. The summed E-state index contributed by atoms with van der Waals surface area (Å²) >= 11 is 0. The van der Waals surface area contributed by atoms with E-state index in [0.29, 0.717) is 12.1 Å². The number of aromatic nitrogens is 1. The number of amides is 1. The smallest absolute Gasteiger partial charge is 0.255 e. The lowest BCUT2D eigenvalue weighted by Gasteiger charge is -2.18. The Balaban J connectivity index is 1.91. The van der Waals surface area contributed by atoms with Crippen molar-refractivity contribution in [1.29, 1.82) is 0 Å². The fourth-order valence-corrected chi connectivity index (χ4v) is 2.54. The molecule has 3 rings (SSSR count). The van der Waals surface area contributed by atoms with Crippen molar-refractivity contribution in [2.45, 2.75) is 20.4 Å². The molecule has 0 bridgehead atoms. The molecule has 0 saturated heterocycles. The number of furan rings is 1. The maximum Gasteiger partial charge on any atom is 0.255 e. The number of carbonyl (C=O) groups excluding carboxylic acids is 1. The van der Waals surface area contributed by atoms with E-state index in [9.17, 15) is 4.79 Å². The average Bonchev–Trinajstić information content (AvgIpc) is 2.91. The van der Waals surface area contributed by atoms with Crippen LogP contribution >= 0.6 is 0 Å². The average molecular weight is 294 g/mol. The van der Waals surface area contributed by atoms with E-state index in [1.165, 1.54) is 0 Å². The van der Waals surface area contributed by atoms with Crippen molar-refractivity contribution in [2.24, 2.45) is 0 Å². The second-order valence-corrected chi connectivity index (χ2v) is 5.48. The Kier molecular flexibility index (Phi) is 3.67. The number of benzene rings is 1. The molecule has 112 valence electrons. The maximum absolute atomic E-state index is 12.7. The van der Waals surface area contributed by atoms with Crippen LogP contribution in [0.4, 0.5) is 0 Å². The third kappa shape index (κ3) is 2.60. The Hall–Kier alpha value is -2.62. The third-order valence-electron chi connectivity index (χ3n) is 3.87. The highest BCUT2D eigenvalue weighted by atomic mass is 16.3. The molecule has 0 saturated carbocycles. The van der Waals surface area contributed by atoms with Crippen molar-refractivity contribution in [3.8, 4) is 0 Å².